The number of amides is 2. The van der Waals surface area contributed by atoms with Gasteiger partial charge in [-0.3, -0.25) is 9.59 Å². The number of nitrogens with one attached hydrogen (secondary N) is 1. The second-order valence-electron chi connectivity index (χ2n) is 5.02. The van der Waals surface area contributed by atoms with Gasteiger partial charge in [-0.1, -0.05) is 0 Å². The minimum atomic E-state index is -0.514. The number of hydrogen-bond acceptors (Lipinski definition) is 4. The first-order valence-corrected chi connectivity index (χ1v) is 7.30. The van der Waals surface area contributed by atoms with Gasteiger partial charge < -0.3 is 20.7 Å². The third-order valence-electron chi connectivity index (χ3n) is 3.40. The molecule has 1 fully saturated rings. The Morgan fingerprint density at radius 2 is 2.27 bits per heavy atom. The predicted molar refractivity (Wildman–Crippen MR) is 79.1 cm³/mol. The molecule has 2 amide bonds. The highest BCUT2D eigenvalue weighted by atomic mass is 19.1. The van der Waals surface area contributed by atoms with Gasteiger partial charge in [0.15, 0.2) is 0 Å². The van der Waals surface area contributed by atoms with Crippen LogP contribution >= 0.6 is 0 Å². The summed E-state index contributed by atoms with van der Waals surface area (Å²) in [7, 11) is 0. The van der Waals surface area contributed by atoms with Gasteiger partial charge in [-0.25, -0.2) is 4.39 Å². The summed E-state index contributed by atoms with van der Waals surface area (Å²) in [4.78, 5) is 25.3. The van der Waals surface area contributed by atoms with Crippen LogP contribution in [0, 0.1) is 5.82 Å². The fraction of sp³-hybridized carbons (Fsp3) is 0.467. The van der Waals surface area contributed by atoms with Gasteiger partial charge in [0.05, 0.1) is 5.56 Å². The molecule has 7 heteroatoms. The van der Waals surface area contributed by atoms with E-state index in [1.54, 1.807) is 4.90 Å². The number of hydrogen-bond donors (Lipinski definition) is 2. The van der Waals surface area contributed by atoms with Gasteiger partial charge in [0.1, 0.15) is 18.2 Å². The summed E-state index contributed by atoms with van der Waals surface area (Å²) in [5.74, 6) is -0.549. The summed E-state index contributed by atoms with van der Waals surface area (Å²) in [6.45, 7) is 2.04. The Morgan fingerprint density at radius 3 is 2.95 bits per heavy atom. The number of likely N-dealkylation sites (tertiary alicyclic amines) is 1. The number of rotatable bonds is 7. The standard InChI is InChI=1S/C15H20FN3O3/c16-11-3-4-13(22-9-5-17)12(10-11)15(21)18-6-8-19-7-1-2-14(19)20/h3-4,10H,1-2,5-9,17H2,(H,18,21). The summed E-state index contributed by atoms with van der Waals surface area (Å²) >= 11 is 0. The lowest BCUT2D eigenvalue weighted by Gasteiger charge is -2.16. The van der Waals surface area contributed by atoms with Crippen LogP contribution < -0.4 is 15.8 Å². The van der Waals surface area contributed by atoms with Gasteiger partial charge in [-0.15, -0.1) is 0 Å². The van der Waals surface area contributed by atoms with Gasteiger partial charge in [-0.05, 0) is 24.6 Å². The molecule has 3 N–H and O–H groups in total. The molecule has 0 aromatic heterocycles. The van der Waals surface area contributed by atoms with Gasteiger partial charge in [0.25, 0.3) is 5.91 Å². The highest BCUT2D eigenvalue weighted by Crippen LogP contribution is 2.19. The lowest BCUT2D eigenvalue weighted by molar-refractivity contribution is -0.127. The third-order valence-corrected chi connectivity index (χ3v) is 3.40. The number of benzene rings is 1. The molecule has 1 heterocycles. The second kappa shape index (κ2) is 7.74. The molecule has 1 aliphatic heterocycles. The summed E-state index contributed by atoms with van der Waals surface area (Å²) < 4.78 is 18.7. The first-order chi connectivity index (χ1) is 10.6. The quantitative estimate of drug-likeness (QED) is 0.769. The molecule has 1 aromatic carbocycles. The van der Waals surface area contributed by atoms with Crippen molar-refractivity contribution >= 4 is 11.8 Å². The van der Waals surface area contributed by atoms with E-state index < -0.39 is 11.7 Å². The minimum absolute atomic E-state index is 0.104. The largest absolute Gasteiger partial charge is 0.491 e. The van der Waals surface area contributed by atoms with E-state index in [2.05, 4.69) is 5.32 Å². The van der Waals surface area contributed by atoms with E-state index in [4.69, 9.17) is 10.5 Å². The van der Waals surface area contributed by atoms with Crippen LogP contribution in [0.5, 0.6) is 5.75 Å². The lowest BCUT2D eigenvalue weighted by Crippen LogP contribution is -2.35. The van der Waals surface area contributed by atoms with Crippen LogP contribution in [-0.2, 0) is 4.79 Å². The summed E-state index contributed by atoms with van der Waals surface area (Å²) in [5.41, 5.74) is 5.48. The summed E-state index contributed by atoms with van der Waals surface area (Å²) in [5, 5.41) is 2.68. The van der Waals surface area contributed by atoms with E-state index in [-0.39, 0.29) is 18.1 Å². The normalized spacial score (nSPS) is 14.3. The average Bonchev–Trinajstić information content (AvgIpc) is 2.91. The fourth-order valence-corrected chi connectivity index (χ4v) is 2.31. The maximum atomic E-state index is 13.3. The van der Waals surface area contributed by atoms with Crippen LogP contribution in [0.2, 0.25) is 0 Å². The molecule has 120 valence electrons. The monoisotopic (exact) mass is 309 g/mol. The van der Waals surface area contributed by atoms with Crippen molar-refractivity contribution in [2.75, 3.05) is 32.8 Å². The minimum Gasteiger partial charge on any atom is -0.491 e. The van der Waals surface area contributed by atoms with Crippen LogP contribution in [0.3, 0.4) is 0 Å². The Hall–Kier alpha value is -2.15. The number of halogens is 1. The zero-order chi connectivity index (χ0) is 15.9. The van der Waals surface area contributed by atoms with Gasteiger partial charge in [0.2, 0.25) is 5.91 Å². The maximum Gasteiger partial charge on any atom is 0.255 e. The molecule has 1 saturated heterocycles. The topological polar surface area (TPSA) is 84.7 Å². The van der Waals surface area contributed by atoms with E-state index in [0.29, 0.717) is 31.8 Å². The van der Waals surface area contributed by atoms with Crippen LogP contribution in [0.25, 0.3) is 0 Å². The molecule has 0 unspecified atom stereocenters. The van der Waals surface area contributed by atoms with Gasteiger partial charge in [0, 0.05) is 32.6 Å². The number of carbonyl (C=O) groups is 2. The highest BCUT2D eigenvalue weighted by Gasteiger charge is 2.20. The zero-order valence-corrected chi connectivity index (χ0v) is 12.3. The Balaban J connectivity index is 1.93. The third kappa shape index (κ3) is 4.17. The van der Waals surface area contributed by atoms with E-state index in [1.807, 2.05) is 0 Å². The Labute approximate surface area is 128 Å². The molecule has 1 aromatic rings. The molecule has 0 spiro atoms. The predicted octanol–water partition coefficient (Wildman–Crippen LogP) is 0.515. The molecular formula is C15H20FN3O3. The SMILES string of the molecule is NCCOc1ccc(F)cc1C(=O)NCCN1CCCC1=O. The van der Waals surface area contributed by atoms with Gasteiger partial charge in [-0.2, -0.15) is 0 Å². The molecule has 0 saturated carbocycles. The Bertz CT molecular complexity index is 551. The van der Waals surface area contributed by atoms with Crippen LogP contribution in [-0.4, -0.2) is 49.5 Å². The van der Waals surface area contributed by atoms with E-state index in [9.17, 15) is 14.0 Å². The number of nitrogens with zero attached hydrogens (tertiary/aromatic N) is 1. The maximum absolute atomic E-state index is 13.3. The molecule has 0 aliphatic carbocycles. The molecule has 6 nitrogen and oxygen atoms in total. The Kier molecular flexibility index (Phi) is 5.71. The van der Waals surface area contributed by atoms with Crippen molar-refractivity contribution in [1.82, 2.24) is 10.2 Å². The average molecular weight is 309 g/mol. The number of ether oxygens (including phenoxy) is 1. The number of nitrogens with two attached hydrogens (primary N) is 1. The molecule has 0 bridgehead atoms. The van der Waals surface area contributed by atoms with Crippen LogP contribution in [0.1, 0.15) is 23.2 Å². The molecule has 2 rings (SSSR count). The lowest BCUT2D eigenvalue weighted by atomic mass is 10.2. The zero-order valence-electron chi connectivity index (χ0n) is 12.3. The van der Waals surface area contributed by atoms with Crippen molar-refractivity contribution < 1.29 is 18.7 Å². The molecule has 1 aliphatic rings. The van der Waals surface area contributed by atoms with Crippen molar-refractivity contribution in [1.29, 1.82) is 0 Å². The van der Waals surface area contributed by atoms with Crippen LogP contribution in [0.4, 0.5) is 4.39 Å². The van der Waals surface area contributed by atoms with E-state index in [1.165, 1.54) is 12.1 Å². The molecular weight excluding hydrogens is 289 g/mol. The smallest absolute Gasteiger partial charge is 0.255 e. The first kappa shape index (κ1) is 16.2. The molecule has 0 radical (unpaired) electrons. The van der Waals surface area contributed by atoms with E-state index >= 15 is 0 Å². The van der Waals surface area contributed by atoms with Crippen molar-refractivity contribution in [3.05, 3.63) is 29.6 Å². The first-order valence-electron chi connectivity index (χ1n) is 7.30. The van der Waals surface area contributed by atoms with Crippen molar-refractivity contribution in [3.63, 3.8) is 0 Å². The van der Waals surface area contributed by atoms with Crippen LogP contribution in [0.15, 0.2) is 18.2 Å². The number of carbonyl (C=O) groups excluding carboxylic acids is 2. The van der Waals surface area contributed by atoms with Gasteiger partial charge >= 0.3 is 0 Å². The van der Waals surface area contributed by atoms with Crippen molar-refractivity contribution in [2.45, 2.75) is 12.8 Å². The van der Waals surface area contributed by atoms with Crippen molar-refractivity contribution in [2.24, 2.45) is 5.73 Å². The second-order valence-corrected chi connectivity index (χ2v) is 5.02. The Morgan fingerprint density at radius 1 is 1.45 bits per heavy atom. The molecule has 22 heavy (non-hydrogen) atoms. The summed E-state index contributed by atoms with van der Waals surface area (Å²) in [6, 6.07) is 3.76. The summed E-state index contributed by atoms with van der Waals surface area (Å²) in [6.07, 6.45) is 1.42. The van der Waals surface area contributed by atoms with Crippen molar-refractivity contribution in [3.8, 4) is 5.75 Å². The highest BCUT2D eigenvalue weighted by molar-refractivity contribution is 5.97. The molecule has 0 atom stereocenters. The fourth-order valence-electron chi connectivity index (χ4n) is 2.31. The van der Waals surface area contributed by atoms with E-state index in [0.717, 1.165) is 19.0 Å².